The normalized spacial score (nSPS) is 32.1. The number of allylic oxidation sites excluding steroid dienone is 1. The maximum atomic E-state index is 10.8. The molecule has 0 aliphatic heterocycles. The van der Waals surface area contributed by atoms with Crippen LogP contribution in [0, 0.1) is 0 Å². The van der Waals surface area contributed by atoms with Crippen LogP contribution in [0.15, 0.2) is 12.2 Å². The minimum Gasteiger partial charge on any atom is -0.228 e. The summed E-state index contributed by atoms with van der Waals surface area (Å²) < 4.78 is 21.6. The summed E-state index contributed by atoms with van der Waals surface area (Å²) >= 11 is 0. The summed E-state index contributed by atoms with van der Waals surface area (Å²) in [4.78, 5) is 0. The van der Waals surface area contributed by atoms with Crippen molar-refractivity contribution < 1.29 is 8.42 Å². The number of rotatable bonds is 1. The quantitative estimate of drug-likeness (QED) is 0.444. The topological polar surface area (TPSA) is 60.2 Å². The summed E-state index contributed by atoms with van der Waals surface area (Å²) in [6, 6.07) is 0. The average molecular weight is 171 g/mol. The van der Waals surface area contributed by atoms with Crippen LogP contribution >= 0.6 is 0 Å². The van der Waals surface area contributed by atoms with Crippen molar-refractivity contribution in [2.75, 3.05) is 0 Å². The summed E-state index contributed by atoms with van der Waals surface area (Å²) in [7, 11) is 2.13. The van der Waals surface area contributed by atoms with Gasteiger partial charge in [-0.3, -0.25) is 0 Å². The maximum Gasteiger partial charge on any atom is 0.215 e. The average Bonchev–Trinajstić information content (AvgIpc) is 1.86. The van der Waals surface area contributed by atoms with Crippen molar-refractivity contribution in [3.63, 3.8) is 0 Å². The monoisotopic (exact) mass is 171 g/mol. The fraction of sp³-hybridized carbons (Fsp3) is 0.667. The summed E-state index contributed by atoms with van der Waals surface area (Å²) in [6.45, 7) is 0. The van der Waals surface area contributed by atoms with Gasteiger partial charge in [0.1, 0.15) is 0 Å². The molecule has 0 aromatic carbocycles. The Hall–Kier alpha value is -0.285. The molecule has 2 unspecified atom stereocenters. The molecule has 0 saturated carbocycles. The first-order chi connectivity index (χ1) is 5.00. The van der Waals surface area contributed by atoms with Crippen molar-refractivity contribution in [2.45, 2.75) is 23.9 Å². The third-order valence-corrected chi connectivity index (χ3v) is 3.02. The first kappa shape index (κ1) is 8.81. The summed E-state index contributed by atoms with van der Waals surface area (Å²) in [5.74, 6) is -0.00648. The zero-order valence-electron chi connectivity index (χ0n) is 6.10. The molecule has 1 rings (SSSR count). The molecule has 0 bridgehead atoms. The summed E-state index contributed by atoms with van der Waals surface area (Å²) in [5.41, 5.74) is 0. The van der Waals surface area contributed by atoms with Gasteiger partial charge in [-0.15, -0.1) is 0 Å². The Kier molecular flexibility index (Phi) is 2.39. The van der Waals surface area contributed by atoms with Crippen LogP contribution in [0.4, 0.5) is 0 Å². The van der Waals surface area contributed by atoms with E-state index < -0.39 is 15.3 Å². The van der Waals surface area contributed by atoms with Crippen molar-refractivity contribution in [3.8, 4) is 0 Å². The van der Waals surface area contributed by atoms with Gasteiger partial charge in [0.05, 0.1) is 13.1 Å². The molecule has 60 valence electrons. The lowest BCUT2D eigenvalue weighted by Gasteiger charge is -2.18. The van der Waals surface area contributed by atoms with E-state index in [2.05, 4.69) is 0 Å². The van der Waals surface area contributed by atoms with E-state index in [0.717, 1.165) is 0 Å². The van der Waals surface area contributed by atoms with Crippen molar-refractivity contribution >= 4 is 17.9 Å². The minimum atomic E-state index is -3.39. The van der Waals surface area contributed by atoms with E-state index in [1.54, 1.807) is 12.2 Å². The first-order valence-corrected chi connectivity index (χ1v) is 5.06. The van der Waals surface area contributed by atoms with E-state index >= 15 is 0 Å². The Bertz CT molecular complexity index is 260. The van der Waals surface area contributed by atoms with E-state index in [0.29, 0.717) is 12.8 Å². The second kappa shape index (κ2) is 2.99. The number of sulfonamides is 1. The highest BCUT2D eigenvalue weighted by Gasteiger charge is 2.21. The smallest absolute Gasteiger partial charge is 0.215 e. The molecule has 3 nitrogen and oxygen atoms in total. The van der Waals surface area contributed by atoms with Crippen LogP contribution in [0.2, 0.25) is 5.82 Å². The number of hydrogen-bond acceptors (Lipinski definition) is 2. The highest BCUT2D eigenvalue weighted by molar-refractivity contribution is 7.89. The molecule has 0 aromatic heterocycles. The largest absolute Gasteiger partial charge is 0.228 e. The predicted octanol–water partition coefficient (Wildman–Crippen LogP) is -0.0495. The molecule has 2 N–H and O–H groups in total. The van der Waals surface area contributed by atoms with Gasteiger partial charge in [-0.1, -0.05) is 24.4 Å². The summed E-state index contributed by atoms with van der Waals surface area (Å²) in [6.07, 6.45) is 4.50. The zero-order chi connectivity index (χ0) is 8.48. The molecule has 0 amide bonds. The van der Waals surface area contributed by atoms with Crippen molar-refractivity contribution in [2.24, 2.45) is 5.14 Å². The van der Waals surface area contributed by atoms with Gasteiger partial charge in [-0.25, -0.2) is 13.6 Å². The zero-order valence-corrected chi connectivity index (χ0v) is 6.92. The van der Waals surface area contributed by atoms with Crippen LogP contribution in [0.5, 0.6) is 0 Å². The molecule has 5 heteroatoms. The Morgan fingerprint density at radius 1 is 1.36 bits per heavy atom. The lowest BCUT2D eigenvalue weighted by molar-refractivity contribution is 0.579. The number of primary sulfonamides is 1. The van der Waals surface area contributed by atoms with E-state index in [4.69, 9.17) is 13.0 Å². The first-order valence-electron chi connectivity index (χ1n) is 3.45. The van der Waals surface area contributed by atoms with Gasteiger partial charge in [0.25, 0.3) is 0 Å². The molecule has 0 heterocycles. The molecule has 2 atom stereocenters. The van der Waals surface area contributed by atoms with Crippen LogP contribution in [-0.2, 0) is 10.0 Å². The Balaban J connectivity index is 2.73. The molecule has 0 saturated heterocycles. The van der Waals surface area contributed by atoms with Crippen LogP contribution in [0.1, 0.15) is 12.8 Å². The molecule has 11 heavy (non-hydrogen) atoms. The second-order valence-corrected chi connectivity index (χ2v) is 4.54. The van der Waals surface area contributed by atoms with Crippen molar-refractivity contribution in [3.05, 3.63) is 12.2 Å². The standard InChI is InChI=1S/C6H10BNO2S/c7-5-1-3-6(4-2-5)11(8,9)10/h1,3,5-6H,2,4H2,(H2,8,9,10). The molecule has 1 aliphatic rings. The van der Waals surface area contributed by atoms with Gasteiger partial charge in [0.15, 0.2) is 0 Å². The lowest BCUT2D eigenvalue weighted by Crippen LogP contribution is -2.28. The third kappa shape index (κ3) is 2.34. The van der Waals surface area contributed by atoms with E-state index in [9.17, 15) is 8.42 Å². The third-order valence-electron chi connectivity index (χ3n) is 1.78. The van der Waals surface area contributed by atoms with Crippen molar-refractivity contribution in [1.29, 1.82) is 0 Å². The Morgan fingerprint density at radius 3 is 2.36 bits per heavy atom. The second-order valence-electron chi connectivity index (χ2n) is 2.75. The van der Waals surface area contributed by atoms with Gasteiger partial charge in [-0.05, 0) is 6.42 Å². The van der Waals surface area contributed by atoms with Gasteiger partial charge < -0.3 is 0 Å². The molecule has 2 radical (unpaired) electrons. The van der Waals surface area contributed by atoms with Crippen LogP contribution in [0.3, 0.4) is 0 Å². The van der Waals surface area contributed by atoms with Crippen LogP contribution in [0.25, 0.3) is 0 Å². The number of hydrogen-bond donors (Lipinski definition) is 1. The van der Waals surface area contributed by atoms with Crippen LogP contribution < -0.4 is 5.14 Å². The Labute approximate surface area is 68.1 Å². The lowest BCUT2D eigenvalue weighted by atomic mass is 9.80. The van der Waals surface area contributed by atoms with Gasteiger partial charge in [0.2, 0.25) is 10.0 Å². The summed E-state index contributed by atoms with van der Waals surface area (Å²) in [5, 5.41) is 4.41. The van der Waals surface area contributed by atoms with Crippen molar-refractivity contribution in [1.82, 2.24) is 0 Å². The molecule has 0 aromatic rings. The Morgan fingerprint density at radius 2 is 2.00 bits per heavy atom. The minimum absolute atomic E-state index is 0.00648. The molecule has 1 aliphatic carbocycles. The molecular weight excluding hydrogens is 161 g/mol. The molecular formula is C6H10BNO2S. The maximum absolute atomic E-state index is 10.8. The molecule has 0 fully saturated rings. The van der Waals surface area contributed by atoms with Gasteiger partial charge in [-0.2, -0.15) is 0 Å². The van der Waals surface area contributed by atoms with E-state index in [1.807, 2.05) is 0 Å². The van der Waals surface area contributed by atoms with Gasteiger partial charge >= 0.3 is 0 Å². The predicted molar refractivity (Wildman–Crippen MR) is 44.8 cm³/mol. The number of nitrogens with two attached hydrogens (primary N) is 1. The highest BCUT2D eigenvalue weighted by atomic mass is 32.2. The van der Waals surface area contributed by atoms with E-state index in [1.165, 1.54) is 0 Å². The fourth-order valence-electron chi connectivity index (χ4n) is 1.09. The van der Waals surface area contributed by atoms with Crippen LogP contribution in [-0.4, -0.2) is 21.5 Å². The van der Waals surface area contributed by atoms with E-state index in [-0.39, 0.29) is 5.82 Å². The highest BCUT2D eigenvalue weighted by Crippen LogP contribution is 2.22. The SMILES string of the molecule is [B]C1C=CC(S(N)(=O)=O)CC1. The fourth-order valence-corrected chi connectivity index (χ4v) is 1.86. The van der Waals surface area contributed by atoms with Gasteiger partial charge in [0, 0.05) is 0 Å². The molecule has 0 spiro atoms.